The van der Waals surface area contributed by atoms with E-state index in [0.717, 1.165) is 12.8 Å². The molecule has 1 saturated carbocycles. The van der Waals surface area contributed by atoms with Gasteiger partial charge in [0, 0.05) is 0 Å². The molecule has 1 aliphatic carbocycles. The largest absolute Gasteiger partial charge is 0.252 e. The predicted molar refractivity (Wildman–Crippen MR) is 27.3 cm³/mol. The third kappa shape index (κ3) is 2.18. The van der Waals surface area contributed by atoms with Gasteiger partial charge in [0.2, 0.25) is 0 Å². The first-order chi connectivity index (χ1) is 3.29. The van der Waals surface area contributed by atoms with Crippen LogP contribution in [0.3, 0.4) is 0 Å². The molecule has 1 rings (SSSR count). The first kappa shape index (κ1) is 5.43. The second-order valence-electron chi connectivity index (χ2n) is 1.74. The molecular formula is C4H7F2P. The van der Waals surface area contributed by atoms with Crippen LogP contribution in [-0.4, -0.2) is 11.8 Å². The van der Waals surface area contributed by atoms with Crippen LogP contribution in [0.4, 0.5) is 8.78 Å². The lowest BCUT2D eigenvalue weighted by Crippen LogP contribution is -1.78. The molecule has 42 valence electrons. The second-order valence-corrected chi connectivity index (χ2v) is 3.33. The van der Waals surface area contributed by atoms with Crippen LogP contribution in [0.25, 0.3) is 0 Å². The lowest BCUT2D eigenvalue weighted by molar-refractivity contribution is 0.247. The fourth-order valence-corrected chi connectivity index (χ4v) is 1.28. The Labute approximate surface area is 43.1 Å². The third-order valence-corrected chi connectivity index (χ3v) is 2.24. The van der Waals surface area contributed by atoms with Gasteiger partial charge in [0.1, 0.15) is 0 Å². The van der Waals surface area contributed by atoms with Crippen LogP contribution in [0.2, 0.25) is 0 Å². The highest BCUT2D eigenvalue weighted by Gasteiger charge is 2.24. The molecule has 3 heteroatoms. The molecule has 0 nitrogen and oxygen atoms in total. The fourth-order valence-electron chi connectivity index (χ4n) is 0.428. The van der Waals surface area contributed by atoms with Gasteiger partial charge >= 0.3 is 0 Å². The minimum atomic E-state index is -2.03. The molecule has 0 heterocycles. The summed E-state index contributed by atoms with van der Waals surface area (Å²) in [5.41, 5.74) is 0.403. The molecule has 0 saturated heterocycles. The van der Waals surface area contributed by atoms with Crippen molar-refractivity contribution in [3.8, 4) is 0 Å². The van der Waals surface area contributed by atoms with Crippen LogP contribution < -0.4 is 0 Å². The van der Waals surface area contributed by atoms with Crippen LogP contribution in [0.5, 0.6) is 0 Å². The first-order valence-corrected chi connectivity index (χ1v) is 3.48. The summed E-state index contributed by atoms with van der Waals surface area (Å²) in [6.45, 7) is 0. The number of hydrogen-bond acceptors (Lipinski definition) is 0. The lowest BCUT2D eigenvalue weighted by Gasteiger charge is -1.91. The van der Waals surface area contributed by atoms with E-state index in [2.05, 4.69) is 0 Å². The van der Waals surface area contributed by atoms with Gasteiger partial charge in [-0.3, -0.25) is 0 Å². The van der Waals surface area contributed by atoms with E-state index in [9.17, 15) is 8.78 Å². The van der Waals surface area contributed by atoms with Crippen molar-refractivity contribution >= 4 is 8.58 Å². The Morgan fingerprint density at radius 3 is 2.14 bits per heavy atom. The predicted octanol–water partition coefficient (Wildman–Crippen LogP) is 2.05. The highest BCUT2D eigenvalue weighted by Crippen LogP contribution is 2.42. The Balaban J connectivity index is 1.97. The van der Waals surface area contributed by atoms with Gasteiger partial charge in [-0.25, -0.2) is 8.78 Å². The SMILES string of the molecule is FC(F)PC1CC1. The first-order valence-electron chi connectivity index (χ1n) is 2.33. The zero-order valence-electron chi connectivity index (χ0n) is 3.82. The molecule has 0 N–H and O–H groups in total. The van der Waals surface area contributed by atoms with E-state index in [1.165, 1.54) is 0 Å². The lowest BCUT2D eigenvalue weighted by atomic mass is 11.0. The summed E-state index contributed by atoms with van der Waals surface area (Å²) in [6.07, 6.45) is 0.0541. The van der Waals surface area contributed by atoms with Gasteiger partial charge in [-0.05, 0) is 27.1 Å². The van der Waals surface area contributed by atoms with Crippen LogP contribution in [0, 0.1) is 0 Å². The molecule has 0 aliphatic heterocycles. The Kier molecular flexibility index (Phi) is 1.58. The molecule has 0 radical (unpaired) electrons. The van der Waals surface area contributed by atoms with Gasteiger partial charge in [0.25, 0.3) is 6.17 Å². The van der Waals surface area contributed by atoms with E-state index in [1.807, 2.05) is 0 Å². The van der Waals surface area contributed by atoms with Crippen LogP contribution in [0.1, 0.15) is 12.8 Å². The average Bonchev–Trinajstić information content (AvgIpc) is 2.17. The summed E-state index contributed by atoms with van der Waals surface area (Å²) < 4.78 is 22.7. The van der Waals surface area contributed by atoms with Gasteiger partial charge in [0.05, 0.1) is 0 Å². The summed E-state index contributed by atoms with van der Waals surface area (Å²) in [4.78, 5) is 0. The number of rotatable bonds is 2. The molecule has 0 bridgehead atoms. The van der Waals surface area contributed by atoms with E-state index in [0.29, 0.717) is 5.66 Å². The van der Waals surface area contributed by atoms with Crippen molar-refractivity contribution < 1.29 is 8.78 Å². The molecule has 1 aliphatic rings. The van der Waals surface area contributed by atoms with Crippen LogP contribution in [-0.2, 0) is 0 Å². The van der Waals surface area contributed by atoms with E-state index >= 15 is 0 Å². The van der Waals surface area contributed by atoms with Crippen molar-refractivity contribution in [3.05, 3.63) is 0 Å². The topological polar surface area (TPSA) is 0 Å². The fraction of sp³-hybridized carbons (Fsp3) is 1.00. The third-order valence-electron chi connectivity index (χ3n) is 0.939. The van der Waals surface area contributed by atoms with Gasteiger partial charge in [-0.1, -0.05) is 0 Å². The molecular weight excluding hydrogens is 117 g/mol. The summed E-state index contributed by atoms with van der Waals surface area (Å²) >= 11 is 0. The van der Waals surface area contributed by atoms with E-state index in [4.69, 9.17) is 0 Å². The quantitative estimate of drug-likeness (QED) is 0.494. The molecule has 0 aromatic carbocycles. The van der Waals surface area contributed by atoms with Crippen LogP contribution in [0.15, 0.2) is 0 Å². The molecule has 0 amide bonds. The Hall–Kier alpha value is 0.290. The summed E-state index contributed by atoms with van der Waals surface area (Å²) in [7, 11) is -0.0772. The molecule has 0 aromatic rings. The zero-order valence-corrected chi connectivity index (χ0v) is 4.82. The molecule has 0 spiro atoms. The number of hydrogen-bond donors (Lipinski definition) is 0. The van der Waals surface area contributed by atoms with Crippen molar-refractivity contribution in [2.45, 2.75) is 24.7 Å². The monoisotopic (exact) mass is 124 g/mol. The maximum atomic E-state index is 11.3. The van der Waals surface area contributed by atoms with Gasteiger partial charge < -0.3 is 0 Å². The highest BCUT2D eigenvalue weighted by molar-refractivity contribution is 7.39. The van der Waals surface area contributed by atoms with Gasteiger partial charge in [-0.15, -0.1) is 0 Å². The van der Waals surface area contributed by atoms with Crippen molar-refractivity contribution in [2.24, 2.45) is 0 Å². The number of alkyl halides is 2. The maximum Gasteiger partial charge on any atom is 0.252 e. The van der Waals surface area contributed by atoms with Crippen molar-refractivity contribution in [3.63, 3.8) is 0 Å². The standard InChI is InChI=1S/C4H7F2P/c5-4(6)7-3-1-2-3/h3-4,7H,1-2H2. The summed E-state index contributed by atoms with van der Waals surface area (Å²) in [5.74, 6) is 0. The highest BCUT2D eigenvalue weighted by atomic mass is 31.1. The number of halogens is 2. The minimum Gasteiger partial charge on any atom is -0.206 e. The smallest absolute Gasteiger partial charge is 0.206 e. The Morgan fingerprint density at radius 1 is 1.43 bits per heavy atom. The summed E-state index contributed by atoms with van der Waals surface area (Å²) in [5, 5.41) is 0. The van der Waals surface area contributed by atoms with Crippen molar-refractivity contribution in [1.82, 2.24) is 0 Å². The van der Waals surface area contributed by atoms with Crippen molar-refractivity contribution in [2.75, 3.05) is 0 Å². The average molecular weight is 124 g/mol. The van der Waals surface area contributed by atoms with Gasteiger partial charge in [-0.2, -0.15) is 0 Å². The van der Waals surface area contributed by atoms with E-state index < -0.39 is 6.17 Å². The van der Waals surface area contributed by atoms with E-state index in [-0.39, 0.29) is 8.58 Å². The Morgan fingerprint density at radius 2 is 2.00 bits per heavy atom. The zero-order chi connectivity index (χ0) is 5.28. The normalized spacial score (nSPS) is 22.7. The second kappa shape index (κ2) is 2.04. The van der Waals surface area contributed by atoms with Crippen LogP contribution >= 0.6 is 8.58 Å². The molecule has 1 atom stereocenters. The maximum absolute atomic E-state index is 11.3. The summed E-state index contributed by atoms with van der Waals surface area (Å²) in [6, 6.07) is 0. The molecule has 1 fully saturated rings. The van der Waals surface area contributed by atoms with Crippen molar-refractivity contribution in [1.29, 1.82) is 0 Å². The molecule has 1 unspecified atom stereocenters. The van der Waals surface area contributed by atoms with Gasteiger partial charge in [0.15, 0.2) is 0 Å². The van der Waals surface area contributed by atoms with E-state index in [1.54, 1.807) is 0 Å². The molecule has 7 heavy (non-hydrogen) atoms. The Bertz CT molecular complexity index is 60.7. The molecule has 0 aromatic heterocycles. The minimum absolute atomic E-state index is 0.0772.